The second-order valence-corrected chi connectivity index (χ2v) is 9.56. The standard InChI is InChI=1S/C22H16BrCl2N3O4S/c1-32-22(31)19-18(11-3-2-4-12(23)7-11)14(9-26)21(28-20(19)30)33-10-17(29)27-13-5-6-15(24)16(25)8-13/h2-8,18-19H,10H2,1H3,(H,27,29)(H,28,30)/t18-,19-/m1/s1. The third-order valence-corrected chi connectivity index (χ3v) is 6.99. The first-order chi connectivity index (χ1) is 15.7. The van der Waals surface area contributed by atoms with Gasteiger partial charge in [0.1, 0.15) is 5.92 Å². The fourth-order valence-electron chi connectivity index (χ4n) is 3.29. The number of amides is 2. The van der Waals surface area contributed by atoms with Crippen LogP contribution in [0, 0.1) is 17.2 Å². The van der Waals surface area contributed by atoms with Crippen LogP contribution in [-0.2, 0) is 19.1 Å². The number of benzene rings is 2. The van der Waals surface area contributed by atoms with Gasteiger partial charge in [0, 0.05) is 16.1 Å². The summed E-state index contributed by atoms with van der Waals surface area (Å²) in [6.45, 7) is 0. The zero-order chi connectivity index (χ0) is 24.1. The molecule has 2 atom stereocenters. The number of allylic oxidation sites excluding steroid dienone is 1. The van der Waals surface area contributed by atoms with Gasteiger partial charge < -0.3 is 15.4 Å². The minimum absolute atomic E-state index is 0.102. The molecule has 0 spiro atoms. The molecule has 0 saturated heterocycles. The lowest BCUT2D eigenvalue weighted by molar-refractivity contribution is -0.150. The summed E-state index contributed by atoms with van der Waals surface area (Å²) in [4.78, 5) is 37.7. The first kappa shape index (κ1) is 25.1. The molecule has 2 amide bonds. The van der Waals surface area contributed by atoms with Crippen LogP contribution in [0.25, 0.3) is 0 Å². The molecule has 0 aliphatic carbocycles. The Balaban J connectivity index is 1.88. The predicted octanol–water partition coefficient (Wildman–Crippen LogP) is 4.87. The Morgan fingerprint density at radius 1 is 1.24 bits per heavy atom. The lowest BCUT2D eigenvalue weighted by Crippen LogP contribution is -2.44. The Morgan fingerprint density at radius 3 is 2.64 bits per heavy atom. The Morgan fingerprint density at radius 2 is 2.00 bits per heavy atom. The van der Waals surface area contributed by atoms with Crippen molar-refractivity contribution in [3.63, 3.8) is 0 Å². The Bertz CT molecular complexity index is 1200. The molecule has 0 aromatic heterocycles. The zero-order valence-corrected chi connectivity index (χ0v) is 20.9. The number of nitrogens with zero attached hydrogens (tertiary/aromatic N) is 1. The van der Waals surface area contributed by atoms with E-state index in [0.29, 0.717) is 21.3 Å². The monoisotopic (exact) mass is 567 g/mol. The normalized spacial score (nSPS) is 17.7. The molecule has 3 rings (SSSR count). The maximum Gasteiger partial charge on any atom is 0.319 e. The molecule has 0 saturated carbocycles. The van der Waals surface area contributed by atoms with E-state index in [1.165, 1.54) is 13.2 Å². The number of methoxy groups -OCH3 is 1. The first-order valence-corrected chi connectivity index (χ1v) is 11.9. The number of hydrogen-bond acceptors (Lipinski definition) is 6. The molecule has 2 aromatic carbocycles. The number of hydrogen-bond donors (Lipinski definition) is 2. The summed E-state index contributed by atoms with van der Waals surface area (Å²) in [6, 6.07) is 13.8. The van der Waals surface area contributed by atoms with Crippen molar-refractivity contribution < 1.29 is 19.1 Å². The number of anilines is 1. The van der Waals surface area contributed by atoms with Crippen molar-refractivity contribution in [3.8, 4) is 6.07 Å². The van der Waals surface area contributed by atoms with Crippen molar-refractivity contribution in [2.75, 3.05) is 18.2 Å². The van der Waals surface area contributed by atoms with Gasteiger partial charge in [0.2, 0.25) is 11.8 Å². The van der Waals surface area contributed by atoms with E-state index in [-0.39, 0.29) is 22.3 Å². The summed E-state index contributed by atoms with van der Waals surface area (Å²) in [5, 5.41) is 16.0. The quantitative estimate of drug-likeness (QED) is 0.380. The summed E-state index contributed by atoms with van der Waals surface area (Å²) in [5.74, 6) is -3.96. The van der Waals surface area contributed by atoms with Gasteiger partial charge in [-0.15, -0.1) is 0 Å². The van der Waals surface area contributed by atoms with E-state index >= 15 is 0 Å². The van der Waals surface area contributed by atoms with Gasteiger partial charge in [-0.1, -0.05) is 63.0 Å². The van der Waals surface area contributed by atoms with Crippen LogP contribution in [0.15, 0.2) is 57.5 Å². The molecule has 0 bridgehead atoms. The summed E-state index contributed by atoms with van der Waals surface area (Å²) in [7, 11) is 1.18. The average Bonchev–Trinajstić information content (AvgIpc) is 2.79. The SMILES string of the molecule is COC(=O)[C@H]1C(=O)NC(SCC(=O)Nc2ccc(Cl)c(Cl)c2)=C(C#N)[C@H]1c1cccc(Br)c1. The van der Waals surface area contributed by atoms with Crippen LogP contribution in [0.2, 0.25) is 10.0 Å². The third-order valence-electron chi connectivity index (χ3n) is 4.74. The topological polar surface area (TPSA) is 108 Å². The van der Waals surface area contributed by atoms with Crippen LogP contribution < -0.4 is 10.6 Å². The molecule has 2 aromatic rings. The van der Waals surface area contributed by atoms with E-state index in [9.17, 15) is 19.6 Å². The zero-order valence-electron chi connectivity index (χ0n) is 17.0. The van der Waals surface area contributed by atoms with Crippen molar-refractivity contribution in [1.82, 2.24) is 5.32 Å². The van der Waals surface area contributed by atoms with Gasteiger partial charge in [-0.2, -0.15) is 5.26 Å². The van der Waals surface area contributed by atoms with Gasteiger partial charge >= 0.3 is 5.97 Å². The number of halogens is 3. The van der Waals surface area contributed by atoms with Gasteiger partial charge in [0.05, 0.1) is 39.6 Å². The van der Waals surface area contributed by atoms with Gasteiger partial charge in [-0.3, -0.25) is 14.4 Å². The summed E-state index contributed by atoms with van der Waals surface area (Å²) >= 11 is 16.2. The van der Waals surface area contributed by atoms with Gasteiger partial charge in [-0.05, 0) is 35.9 Å². The third kappa shape index (κ3) is 5.89. The van der Waals surface area contributed by atoms with Crippen LogP contribution in [0.4, 0.5) is 5.69 Å². The summed E-state index contributed by atoms with van der Waals surface area (Å²) in [5.41, 5.74) is 1.20. The lowest BCUT2D eigenvalue weighted by atomic mass is 9.78. The molecule has 1 heterocycles. The Labute approximate surface area is 212 Å². The number of carbonyl (C=O) groups is 3. The number of nitrogens with one attached hydrogen (secondary N) is 2. The van der Waals surface area contributed by atoms with Crippen molar-refractivity contribution in [2.45, 2.75) is 5.92 Å². The van der Waals surface area contributed by atoms with Crippen LogP contribution in [-0.4, -0.2) is 30.6 Å². The van der Waals surface area contributed by atoms with E-state index in [2.05, 4.69) is 32.6 Å². The van der Waals surface area contributed by atoms with Crippen molar-refractivity contribution in [3.05, 3.63) is 73.1 Å². The molecule has 1 aliphatic heterocycles. The second-order valence-electron chi connectivity index (χ2n) is 6.84. The second kappa shape index (κ2) is 11.1. The van der Waals surface area contributed by atoms with Crippen molar-refractivity contribution in [2.24, 2.45) is 5.92 Å². The largest absolute Gasteiger partial charge is 0.468 e. The van der Waals surface area contributed by atoms with Crippen LogP contribution >= 0.6 is 50.9 Å². The minimum Gasteiger partial charge on any atom is -0.468 e. The fraction of sp³-hybridized carbons (Fsp3) is 0.182. The van der Waals surface area contributed by atoms with Crippen molar-refractivity contribution >= 4 is 74.4 Å². The van der Waals surface area contributed by atoms with Crippen molar-refractivity contribution in [1.29, 1.82) is 5.26 Å². The average molecular weight is 569 g/mol. The Kier molecular flexibility index (Phi) is 8.43. The number of ether oxygens (including phenoxy) is 1. The highest BCUT2D eigenvalue weighted by Crippen LogP contribution is 2.40. The van der Waals surface area contributed by atoms with E-state index in [1.54, 1.807) is 36.4 Å². The van der Waals surface area contributed by atoms with Gasteiger partial charge in [0.15, 0.2) is 0 Å². The van der Waals surface area contributed by atoms with E-state index in [4.69, 9.17) is 27.9 Å². The van der Waals surface area contributed by atoms with Crippen LogP contribution in [0.5, 0.6) is 0 Å². The highest BCUT2D eigenvalue weighted by molar-refractivity contribution is 9.10. The summed E-state index contributed by atoms with van der Waals surface area (Å²) < 4.78 is 5.54. The number of esters is 1. The molecule has 0 radical (unpaired) electrons. The molecular formula is C22H16BrCl2N3O4S. The van der Waals surface area contributed by atoms with Crippen LogP contribution in [0.3, 0.4) is 0 Å². The molecule has 0 unspecified atom stereocenters. The van der Waals surface area contributed by atoms with E-state index < -0.39 is 23.7 Å². The first-order valence-electron chi connectivity index (χ1n) is 9.41. The molecular weight excluding hydrogens is 553 g/mol. The summed E-state index contributed by atoms with van der Waals surface area (Å²) in [6.07, 6.45) is 0. The molecule has 7 nitrogen and oxygen atoms in total. The molecule has 170 valence electrons. The maximum atomic E-state index is 12.8. The van der Waals surface area contributed by atoms with Gasteiger partial charge in [-0.25, -0.2) is 0 Å². The van der Waals surface area contributed by atoms with Gasteiger partial charge in [0.25, 0.3) is 0 Å². The fourth-order valence-corrected chi connectivity index (χ4v) is 4.85. The Hall–Kier alpha value is -2.51. The lowest BCUT2D eigenvalue weighted by Gasteiger charge is -2.31. The minimum atomic E-state index is -1.24. The maximum absolute atomic E-state index is 12.8. The van der Waals surface area contributed by atoms with E-state index in [1.807, 2.05) is 0 Å². The molecule has 11 heteroatoms. The number of rotatable bonds is 6. The number of nitriles is 1. The highest BCUT2D eigenvalue weighted by atomic mass is 79.9. The predicted molar refractivity (Wildman–Crippen MR) is 131 cm³/mol. The number of carbonyl (C=O) groups excluding carboxylic acids is 3. The molecule has 1 aliphatic rings. The van der Waals surface area contributed by atoms with E-state index in [0.717, 1.165) is 16.2 Å². The molecule has 0 fully saturated rings. The number of thioether (sulfide) groups is 1. The molecule has 33 heavy (non-hydrogen) atoms. The smallest absolute Gasteiger partial charge is 0.319 e. The highest BCUT2D eigenvalue weighted by Gasteiger charge is 2.44. The molecule has 2 N–H and O–H groups in total. The van der Waals surface area contributed by atoms with Crippen LogP contribution in [0.1, 0.15) is 11.5 Å².